The third-order valence-corrected chi connectivity index (χ3v) is 4.81. The largest absolute Gasteiger partial charge is 0.370 e. The molecule has 0 aliphatic carbocycles. The van der Waals surface area contributed by atoms with Gasteiger partial charge >= 0.3 is 0 Å². The van der Waals surface area contributed by atoms with Crippen LogP contribution in [0.5, 0.6) is 0 Å². The Kier molecular flexibility index (Phi) is 4.56. The average molecular weight is 287 g/mol. The Labute approximate surface area is 126 Å². The molecule has 3 saturated heterocycles. The standard InChI is InChI=1S/C17H25N3O/c18-17(21)8-9-19-10-15-6-7-16(13-19)20(12-15)11-14-4-2-1-3-5-14/h1-5,15-16H,6-13H2,(H2,18,21)/t15-,16+/m0/s1. The number of primary amides is 1. The van der Waals surface area contributed by atoms with Gasteiger partial charge in [0, 0.05) is 45.2 Å². The lowest BCUT2D eigenvalue weighted by Crippen LogP contribution is -2.43. The van der Waals surface area contributed by atoms with Crippen LogP contribution in [0.25, 0.3) is 0 Å². The van der Waals surface area contributed by atoms with Gasteiger partial charge in [0.25, 0.3) is 0 Å². The summed E-state index contributed by atoms with van der Waals surface area (Å²) in [5, 5.41) is 0. The highest BCUT2D eigenvalue weighted by Gasteiger charge is 2.34. The Balaban J connectivity index is 1.62. The Morgan fingerprint density at radius 3 is 2.71 bits per heavy atom. The summed E-state index contributed by atoms with van der Waals surface area (Å²) in [7, 11) is 0. The smallest absolute Gasteiger partial charge is 0.218 e. The zero-order chi connectivity index (χ0) is 14.7. The van der Waals surface area contributed by atoms with Crippen LogP contribution in [0.2, 0.25) is 0 Å². The van der Waals surface area contributed by atoms with Gasteiger partial charge in [-0.25, -0.2) is 0 Å². The van der Waals surface area contributed by atoms with Crippen LogP contribution >= 0.6 is 0 Å². The fourth-order valence-corrected chi connectivity index (χ4v) is 3.74. The Morgan fingerprint density at radius 2 is 1.95 bits per heavy atom. The predicted molar refractivity (Wildman–Crippen MR) is 83.6 cm³/mol. The van der Waals surface area contributed by atoms with Crippen LogP contribution < -0.4 is 5.73 Å². The van der Waals surface area contributed by atoms with Crippen LogP contribution in [0.1, 0.15) is 24.8 Å². The molecule has 2 N–H and O–H groups in total. The number of nitrogens with two attached hydrogens (primary N) is 1. The van der Waals surface area contributed by atoms with Gasteiger partial charge < -0.3 is 10.6 Å². The minimum absolute atomic E-state index is 0.187. The third kappa shape index (κ3) is 3.83. The van der Waals surface area contributed by atoms with Gasteiger partial charge in [-0.05, 0) is 24.3 Å². The van der Waals surface area contributed by atoms with E-state index >= 15 is 0 Å². The van der Waals surface area contributed by atoms with Crippen molar-refractivity contribution in [3.8, 4) is 0 Å². The molecule has 2 bridgehead atoms. The minimum Gasteiger partial charge on any atom is -0.370 e. The number of fused-ring (bicyclic) bond motifs is 4. The van der Waals surface area contributed by atoms with Gasteiger partial charge in [-0.3, -0.25) is 9.69 Å². The van der Waals surface area contributed by atoms with E-state index in [0.29, 0.717) is 12.5 Å². The summed E-state index contributed by atoms with van der Waals surface area (Å²) < 4.78 is 0. The minimum atomic E-state index is -0.187. The van der Waals surface area contributed by atoms with Crippen molar-refractivity contribution in [2.75, 3.05) is 26.2 Å². The molecule has 114 valence electrons. The van der Waals surface area contributed by atoms with Gasteiger partial charge in [0.2, 0.25) is 5.91 Å². The van der Waals surface area contributed by atoms with Crippen molar-refractivity contribution in [3.63, 3.8) is 0 Å². The Bertz CT molecular complexity index is 476. The van der Waals surface area contributed by atoms with E-state index < -0.39 is 0 Å². The first-order valence-electron chi connectivity index (χ1n) is 7.99. The molecule has 0 unspecified atom stereocenters. The van der Waals surface area contributed by atoms with Crippen LogP contribution in [0.3, 0.4) is 0 Å². The highest BCUT2D eigenvalue weighted by Crippen LogP contribution is 2.29. The first-order valence-corrected chi connectivity index (χ1v) is 7.99. The average Bonchev–Trinajstić information content (AvgIpc) is 2.77. The number of carbonyl (C=O) groups is 1. The molecule has 1 aromatic carbocycles. The third-order valence-electron chi connectivity index (χ3n) is 4.81. The van der Waals surface area contributed by atoms with Crippen LogP contribution in [0.4, 0.5) is 0 Å². The Morgan fingerprint density at radius 1 is 1.14 bits per heavy atom. The number of amides is 1. The molecule has 0 aromatic heterocycles. The highest BCUT2D eigenvalue weighted by atomic mass is 16.1. The summed E-state index contributed by atoms with van der Waals surface area (Å²) in [6.07, 6.45) is 3.09. The highest BCUT2D eigenvalue weighted by molar-refractivity contribution is 5.73. The van der Waals surface area contributed by atoms with E-state index in [-0.39, 0.29) is 5.91 Å². The lowest BCUT2D eigenvalue weighted by Gasteiger charge is -2.36. The second-order valence-electron chi connectivity index (χ2n) is 6.49. The number of rotatable bonds is 5. The number of nitrogens with zero attached hydrogens (tertiary/aromatic N) is 2. The molecular weight excluding hydrogens is 262 g/mol. The fraction of sp³-hybridized carbons (Fsp3) is 0.588. The first kappa shape index (κ1) is 14.5. The number of benzene rings is 1. The van der Waals surface area contributed by atoms with Crippen molar-refractivity contribution in [1.82, 2.24) is 9.80 Å². The molecule has 3 fully saturated rings. The molecule has 21 heavy (non-hydrogen) atoms. The van der Waals surface area contributed by atoms with Gasteiger partial charge in [0.15, 0.2) is 0 Å². The van der Waals surface area contributed by atoms with Crippen LogP contribution in [0, 0.1) is 5.92 Å². The second-order valence-corrected chi connectivity index (χ2v) is 6.49. The van der Waals surface area contributed by atoms with Crippen molar-refractivity contribution in [2.45, 2.75) is 31.8 Å². The lowest BCUT2D eigenvalue weighted by atomic mass is 9.94. The molecule has 1 aromatic rings. The molecule has 3 aliphatic rings. The maximum atomic E-state index is 11.0. The van der Waals surface area contributed by atoms with E-state index in [9.17, 15) is 4.79 Å². The predicted octanol–water partition coefficient (Wildman–Crippen LogP) is 1.46. The summed E-state index contributed by atoms with van der Waals surface area (Å²) in [4.78, 5) is 16.1. The molecule has 3 aliphatic heterocycles. The summed E-state index contributed by atoms with van der Waals surface area (Å²) in [6, 6.07) is 11.3. The van der Waals surface area contributed by atoms with Crippen molar-refractivity contribution in [2.24, 2.45) is 11.7 Å². The molecule has 1 amide bonds. The van der Waals surface area contributed by atoms with Gasteiger partial charge in [-0.15, -0.1) is 0 Å². The second kappa shape index (κ2) is 6.58. The number of carbonyl (C=O) groups excluding carboxylic acids is 1. The van der Waals surface area contributed by atoms with Gasteiger partial charge in [0.05, 0.1) is 0 Å². The normalized spacial score (nSPS) is 26.7. The summed E-state index contributed by atoms with van der Waals surface area (Å²) in [6.45, 7) is 5.26. The quantitative estimate of drug-likeness (QED) is 0.892. The SMILES string of the molecule is NC(=O)CCN1C[C@@H]2CC[C@H](C1)N(Cc1ccccc1)C2. The molecule has 3 heterocycles. The monoisotopic (exact) mass is 287 g/mol. The number of hydrogen-bond donors (Lipinski definition) is 1. The maximum absolute atomic E-state index is 11.0. The maximum Gasteiger partial charge on any atom is 0.218 e. The number of piperidine rings is 1. The first-order chi connectivity index (χ1) is 10.2. The fourth-order valence-electron chi connectivity index (χ4n) is 3.74. The van der Waals surface area contributed by atoms with E-state index in [1.807, 2.05) is 0 Å². The molecule has 2 atom stereocenters. The van der Waals surface area contributed by atoms with E-state index in [2.05, 4.69) is 40.1 Å². The van der Waals surface area contributed by atoms with Gasteiger partial charge in [0.1, 0.15) is 0 Å². The summed E-state index contributed by atoms with van der Waals surface area (Å²) in [5.74, 6) is 0.549. The molecule has 0 spiro atoms. The zero-order valence-electron chi connectivity index (χ0n) is 12.6. The topological polar surface area (TPSA) is 49.6 Å². The van der Waals surface area contributed by atoms with Crippen LogP contribution in [-0.4, -0.2) is 47.9 Å². The number of hydrogen-bond acceptors (Lipinski definition) is 3. The van der Waals surface area contributed by atoms with Crippen LogP contribution in [0.15, 0.2) is 30.3 Å². The molecule has 4 nitrogen and oxygen atoms in total. The van der Waals surface area contributed by atoms with E-state index in [1.165, 1.54) is 24.9 Å². The molecule has 4 heteroatoms. The zero-order valence-corrected chi connectivity index (χ0v) is 12.6. The summed E-state index contributed by atoms with van der Waals surface area (Å²) >= 11 is 0. The molecule has 0 radical (unpaired) electrons. The molecule has 0 saturated carbocycles. The lowest BCUT2D eigenvalue weighted by molar-refractivity contribution is -0.118. The van der Waals surface area contributed by atoms with Gasteiger partial charge in [-0.1, -0.05) is 30.3 Å². The van der Waals surface area contributed by atoms with Crippen molar-refractivity contribution in [3.05, 3.63) is 35.9 Å². The van der Waals surface area contributed by atoms with Gasteiger partial charge in [-0.2, -0.15) is 0 Å². The van der Waals surface area contributed by atoms with Crippen molar-refractivity contribution >= 4 is 5.91 Å². The van der Waals surface area contributed by atoms with Crippen molar-refractivity contribution < 1.29 is 4.79 Å². The molecular formula is C17H25N3O. The van der Waals surface area contributed by atoms with E-state index in [4.69, 9.17) is 5.73 Å². The Hall–Kier alpha value is -1.39. The van der Waals surface area contributed by atoms with E-state index in [1.54, 1.807) is 0 Å². The van der Waals surface area contributed by atoms with E-state index in [0.717, 1.165) is 32.1 Å². The van der Waals surface area contributed by atoms with Crippen molar-refractivity contribution in [1.29, 1.82) is 0 Å². The molecule has 4 rings (SSSR count). The van der Waals surface area contributed by atoms with Crippen LogP contribution in [-0.2, 0) is 11.3 Å². The summed E-state index contributed by atoms with van der Waals surface area (Å²) in [5.41, 5.74) is 6.68.